The van der Waals surface area contributed by atoms with Gasteiger partial charge in [-0.3, -0.25) is 10.1 Å². The highest BCUT2D eigenvalue weighted by Gasteiger charge is 2.43. The van der Waals surface area contributed by atoms with E-state index in [-0.39, 0.29) is 22.5 Å². The van der Waals surface area contributed by atoms with Crippen LogP contribution in [0.5, 0.6) is 0 Å². The van der Waals surface area contributed by atoms with E-state index in [0.29, 0.717) is 19.0 Å². The van der Waals surface area contributed by atoms with E-state index in [9.17, 15) is 18.5 Å². The summed E-state index contributed by atoms with van der Waals surface area (Å²) in [5, 5.41) is 10.7. The molecule has 0 unspecified atom stereocenters. The van der Waals surface area contributed by atoms with Crippen LogP contribution in [0.15, 0.2) is 29.2 Å². The topological polar surface area (TPSA) is 107 Å². The molecule has 0 spiro atoms. The molecule has 0 amide bonds. The van der Waals surface area contributed by atoms with Crippen molar-refractivity contribution >= 4 is 15.7 Å². The van der Waals surface area contributed by atoms with Crippen molar-refractivity contribution in [2.24, 2.45) is 17.6 Å². The van der Waals surface area contributed by atoms with Crippen LogP contribution in [0.1, 0.15) is 19.3 Å². The van der Waals surface area contributed by atoms with Crippen molar-refractivity contribution in [1.29, 1.82) is 0 Å². The summed E-state index contributed by atoms with van der Waals surface area (Å²) in [5.74, 6) is 0.554. The number of hydrogen-bond donors (Lipinski definition) is 1. The first-order chi connectivity index (χ1) is 10.4. The summed E-state index contributed by atoms with van der Waals surface area (Å²) in [6.45, 7) is 0.947. The maximum Gasteiger partial charge on any atom is 0.269 e. The van der Waals surface area contributed by atoms with Crippen molar-refractivity contribution in [3.05, 3.63) is 34.4 Å². The van der Waals surface area contributed by atoms with Crippen molar-refractivity contribution in [3.8, 4) is 0 Å². The molecule has 0 bridgehead atoms. The molecule has 3 rings (SSSR count). The first-order valence-electron chi connectivity index (χ1n) is 7.40. The summed E-state index contributed by atoms with van der Waals surface area (Å²) in [6.07, 6.45) is 3.02. The lowest BCUT2D eigenvalue weighted by Gasteiger charge is -2.29. The number of non-ortho nitro benzene ring substituents is 1. The zero-order chi connectivity index (χ0) is 15.9. The minimum Gasteiger partial charge on any atom is -0.327 e. The van der Waals surface area contributed by atoms with Crippen LogP contribution in [0.3, 0.4) is 0 Å². The van der Waals surface area contributed by atoms with E-state index < -0.39 is 14.9 Å². The second-order valence-electron chi connectivity index (χ2n) is 6.09. The SMILES string of the molecule is N[C@@H]1CCC[C@H]2CN(S(=O)(=O)c3ccc([N+](=O)[O-])cc3)C[C@@H]21. The van der Waals surface area contributed by atoms with Gasteiger partial charge in [0.05, 0.1) is 9.82 Å². The Morgan fingerprint density at radius 3 is 2.45 bits per heavy atom. The molecule has 1 saturated carbocycles. The molecule has 1 saturated heterocycles. The molecular weight excluding hydrogens is 306 g/mol. The maximum atomic E-state index is 12.7. The highest BCUT2D eigenvalue weighted by molar-refractivity contribution is 7.89. The zero-order valence-electron chi connectivity index (χ0n) is 12.1. The van der Waals surface area contributed by atoms with Crippen molar-refractivity contribution in [3.63, 3.8) is 0 Å². The minimum absolute atomic E-state index is 0.0656. The first-order valence-corrected chi connectivity index (χ1v) is 8.84. The third kappa shape index (κ3) is 2.62. The Balaban J connectivity index is 1.83. The van der Waals surface area contributed by atoms with Crippen LogP contribution in [0, 0.1) is 22.0 Å². The highest BCUT2D eigenvalue weighted by atomic mass is 32.2. The van der Waals surface area contributed by atoms with Crippen LogP contribution in [-0.2, 0) is 10.0 Å². The van der Waals surface area contributed by atoms with E-state index in [1.54, 1.807) is 0 Å². The van der Waals surface area contributed by atoms with Gasteiger partial charge >= 0.3 is 0 Å². The number of nitro groups is 1. The van der Waals surface area contributed by atoms with Gasteiger partial charge in [0.2, 0.25) is 10.0 Å². The Bertz CT molecular complexity index is 674. The largest absolute Gasteiger partial charge is 0.327 e. The van der Waals surface area contributed by atoms with Gasteiger partial charge in [0.15, 0.2) is 0 Å². The molecule has 120 valence electrons. The van der Waals surface area contributed by atoms with Gasteiger partial charge in [0.25, 0.3) is 5.69 Å². The third-order valence-electron chi connectivity index (χ3n) is 4.81. The number of sulfonamides is 1. The molecule has 0 radical (unpaired) electrons. The fraction of sp³-hybridized carbons (Fsp3) is 0.571. The average molecular weight is 325 g/mol. The predicted molar refractivity (Wildman–Crippen MR) is 80.7 cm³/mol. The quantitative estimate of drug-likeness (QED) is 0.666. The average Bonchev–Trinajstić information content (AvgIpc) is 2.94. The van der Waals surface area contributed by atoms with Crippen molar-refractivity contribution in [2.75, 3.05) is 13.1 Å². The maximum absolute atomic E-state index is 12.7. The van der Waals surface area contributed by atoms with Gasteiger partial charge in [-0.05, 0) is 36.8 Å². The predicted octanol–water partition coefficient (Wildman–Crippen LogP) is 1.34. The minimum atomic E-state index is -3.61. The molecule has 1 heterocycles. The standard InChI is InChI=1S/C14H19N3O4S/c15-14-3-1-2-10-8-16(9-13(10)14)22(20,21)12-6-4-11(5-7-12)17(18)19/h4-7,10,13-14H,1-3,8-9,15H2/t10-,13-,14+/m0/s1. The van der Waals surface area contributed by atoms with Crippen LogP contribution in [0.4, 0.5) is 5.69 Å². The molecule has 22 heavy (non-hydrogen) atoms. The molecule has 2 N–H and O–H groups in total. The summed E-state index contributed by atoms with van der Waals surface area (Å²) in [5.41, 5.74) is 6.01. The smallest absolute Gasteiger partial charge is 0.269 e. The molecule has 1 aliphatic heterocycles. The van der Waals surface area contributed by atoms with Crippen molar-refractivity contribution in [1.82, 2.24) is 4.31 Å². The Morgan fingerprint density at radius 1 is 1.18 bits per heavy atom. The zero-order valence-corrected chi connectivity index (χ0v) is 12.9. The van der Waals surface area contributed by atoms with E-state index in [4.69, 9.17) is 5.73 Å². The van der Waals surface area contributed by atoms with Gasteiger partial charge in [-0.2, -0.15) is 4.31 Å². The Morgan fingerprint density at radius 2 is 1.86 bits per heavy atom. The second-order valence-corrected chi connectivity index (χ2v) is 8.03. The van der Waals surface area contributed by atoms with Crippen LogP contribution in [0.25, 0.3) is 0 Å². The first kappa shape index (κ1) is 15.4. The lowest BCUT2D eigenvalue weighted by atomic mass is 9.78. The summed E-state index contributed by atoms with van der Waals surface area (Å²) < 4.78 is 26.8. The van der Waals surface area contributed by atoms with Gasteiger partial charge in [-0.1, -0.05) is 6.42 Å². The third-order valence-corrected chi connectivity index (χ3v) is 6.65. The van der Waals surface area contributed by atoms with Crippen LogP contribution < -0.4 is 5.73 Å². The second kappa shape index (κ2) is 5.60. The van der Waals surface area contributed by atoms with Crippen molar-refractivity contribution in [2.45, 2.75) is 30.2 Å². The molecule has 3 atom stereocenters. The van der Waals surface area contributed by atoms with Crippen LogP contribution >= 0.6 is 0 Å². The number of nitro benzene ring substituents is 1. The van der Waals surface area contributed by atoms with E-state index in [2.05, 4.69) is 0 Å². The van der Waals surface area contributed by atoms with Gasteiger partial charge in [-0.15, -0.1) is 0 Å². The van der Waals surface area contributed by atoms with E-state index in [1.807, 2.05) is 0 Å². The van der Waals surface area contributed by atoms with E-state index >= 15 is 0 Å². The molecule has 1 aromatic rings. The normalized spacial score (nSPS) is 29.2. The fourth-order valence-corrected chi connectivity index (χ4v) is 5.10. The molecule has 1 aliphatic carbocycles. The lowest BCUT2D eigenvalue weighted by Crippen LogP contribution is -2.38. The summed E-state index contributed by atoms with van der Waals surface area (Å²) in [4.78, 5) is 10.2. The van der Waals surface area contributed by atoms with Gasteiger partial charge in [0, 0.05) is 31.3 Å². The molecule has 1 aromatic carbocycles. The van der Waals surface area contributed by atoms with Crippen LogP contribution in [0.2, 0.25) is 0 Å². The summed E-state index contributed by atoms with van der Waals surface area (Å²) in [7, 11) is -3.61. The number of benzene rings is 1. The van der Waals surface area contributed by atoms with Crippen LogP contribution in [-0.4, -0.2) is 36.8 Å². The monoisotopic (exact) mass is 325 g/mol. The molecule has 7 nitrogen and oxygen atoms in total. The number of fused-ring (bicyclic) bond motifs is 1. The summed E-state index contributed by atoms with van der Waals surface area (Å²) in [6, 6.07) is 5.12. The molecular formula is C14H19N3O4S. The number of nitrogens with two attached hydrogens (primary N) is 1. The van der Waals surface area contributed by atoms with Crippen molar-refractivity contribution < 1.29 is 13.3 Å². The van der Waals surface area contributed by atoms with Gasteiger partial charge in [-0.25, -0.2) is 8.42 Å². The Hall–Kier alpha value is -1.51. The highest BCUT2D eigenvalue weighted by Crippen LogP contribution is 2.37. The van der Waals surface area contributed by atoms with Gasteiger partial charge < -0.3 is 5.73 Å². The Labute approximate surface area is 129 Å². The fourth-order valence-electron chi connectivity index (χ4n) is 3.56. The van der Waals surface area contributed by atoms with E-state index in [0.717, 1.165) is 19.3 Å². The molecule has 2 fully saturated rings. The molecule has 2 aliphatic rings. The van der Waals surface area contributed by atoms with Gasteiger partial charge in [0.1, 0.15) is 0 Å². The number of nitrogens with zero attached hydrogens (tertiary/aromatic N) is 2. The summed E-state index contributed by atoms with van der Waals surface area (Å²) >= 11 is 0. The molecule has 0 aromatic heterocycles. The van der Waals surface area contributed by atoms with E-state index in [1.165, 1.54) is 28.6 Å². The number of hydrogen-bond acceptors (Lipinski definition) is 5. The number of rotatable bonds is 3. The lowest BCUT2D eigenvalue weighted by molar-refractivity contribution is -0.384. The molecule has 8 heteroatoms. The Kier molecular flexibility index (Phi) is 3.92.